The highest BCUT2D eigenvalue weighted by molar-refractivity contribution is 5.03. The second kappa shape index (κ2) is 3.58. The minimum absolute atomic E-state index is 0.0823. The normalized spacial score (nSPS) is 42.9. The molecule has 2 aliphatic rings. The van der Waals surface area contributed by atoms with E-state index in [1.807, 2.05) is 0 Å². The maximum absolute atomic E-state index is 6.00. The van der Waals surface area contributed by atoms with E-state index in [4.69, 9.17) is 10.5 Å². The van der Waals surface area contributed by atoms with Gasteiger partial charge >= 0.3 is 0 Å². The van der Waals surface area contributed by atoms with E-state index >= 15 is 0 Å². The van der Waals surface area contributed by atoms with E-state index in [0.29, 0.717) is 0 Å². The zero-order valence-corrected chi connectivity index (χ0v) is 8.59. The maximum atomic E-state index is 6.00. The minimum atomic E-state index is 0.0823. The Morgan fingerprint density at radius 1 is 1.46 bits per heavy atom. The van der Waals surface area contributed by atoms with Crippen molar-refractivity contribution in [3.63, 3.8) is 0 Å². The fraction of sp³-hybridized carbons (Fsp3) is 1.00. The lowest BCUT2D eigenvalue weighted by molar-refractivity contribution is -0.0759. The van der Waals surface area contributed by atoms with Crippen LogP contribution in [0.2, 0.25) is 0 Å². The molecule has 2 rings (SSSR count). The zero-order valence-electron chi connectivity index (χ0n) is 8.59. The first kappa shape index (κ1) is 9.47. The molecule has 0 amide bonds. The molecule has 2 N–H and O–H groups in total. The van der Waals surface area contributed by atoms with Gasteiger partial charge in [0.15, 0.2) is 0 Å². The van der Waals surface area contributed by atoms with Gasteiger partial charge in [-0.3, -0.25) is 0 Å². The molecule has 76 valence electrons. The molecule has 2 heteroatoms. The number of hydrogen-bond donors (Lipinski definition) is 1. The molecule has 2 saturated carbocycles. The molecule has 0 heterocycles. The van der Waals surface area contributed by atoms with Crippen LogP contribution in [0.3, 0.4) is 0 Å². The van der Waals surface area contributed by atoms with Crippen LogP contribution in [0.15, 0.2) is 0 Å². The van der Waals surface area contributed by atoms with Crippen molar-refractivity contribution in [2.24, 2.45) is 17.6 Å². The summed E-state index contributed by atoms with van der Waals surface area (Å²) in [6.07, 6.45) is 6.49. The highest BCUT2D eigenvalue weighted by Gasteiger charge is 2.50. The molecule has 0 radical (unpaired) electrons. The number of fused-ring (bicyclic) bond motifs is 2. The van der Waals surface area contributed by atoms with Crippen molar-refractivity contribution in [1.29, 1.82) is 0 Å². The van der Waals surface area contributed by atoms with Crippen molar-refractivity contribution in [2.45, 2.75) is 44.6 Å². The van der Waals surface area contributed by atoms with Crippen LogP contribution in [-0.4, -0.2) is 18.8 Å². The lowest BCUT2D eigenvalue weighted by Gasteiger charge is -2.36. The van der Waals surface area contributed by atoms with Crippen molar-refractivity contribution >= 4 is 0 Å². The Morgan fingerprint density at radius 2 is 2.31 bits per heavy atom. The summed E-state index contributed by atoms with van der Waals surface area (Å²) in [6.45, 7) is 3.78. The second-order valence-corrected chi connectivity index (χ2v) is 4.70. The van der Waals surface area contributed by atoms with Gasteiger partial charge in [0.2, 0.25) is 0 Å². The van der Waals surface area contributed by atoms with Gasteiger partial charge in [0.1, 0.15) is 0 Å². The molecule has 3 atom stereocenters. The second-order valence-electron chi connectivity index (χ2n) is 4.70. The Morgan fingerprint density at radius 3 is 2.77 bits per heavy atom. The zero-order chi connectivity index (χ0) is 9.31. The van der Waals surface area contributed by atoms with Crippen molar-refractivity contribution in [2.75, 3.05) is 13.2 Å². The standard InChI is InChI=1S/C11H21NO/c1-2-5-13-11(8-12)7-9-3-4-10(11)6-9/h9-10H,2-8,12H2,1H3. The van der Waals surface area contributed by atoms with Crippen molar-refractivity contribution in [3.8, 4) is 0 Å². The van der Waals surface area contributed by atoms with E-state index in [9.17, 15) is 0 Å². The molecule has 2 fully saturated rings. The molecule has 0 aliphatic heterocycles. The molecule has 2 bridgehead atoms. The number of rotatable bonds is 4. The average Bonchev–Trinajstić information content (AvgIpc) is 2.74. The molecule has 0 saturated heterocycles. The summed E-state index contributed by atoms with van der Waals surface area (Å²) < 4.78 is 6.00. The summed E-state index contributed by atoms with van der Waals surface area (Å²) >= 11 is 0. The van der Waals surface area contributed by atoms with E-state index < -0.39 is 0 Å². The van der Waals surface area contributed by atoms with Crippen LogP contribution in [0, 0.1) is 11.8 Å². The predicted molar refractivity (Wildman–Crippen MR) is 53.5 cm³/mol. The third-order valence-corrected chi connectivity index (χ3v) is 3.86. The lowest BCUT2D eigenvalue weighted by Crippen LogP contribution is -2.45. The van der Waals surface area contributed by atoms with Crippen molar-refractivity contribution in [3.05, 3.63) is 0 Å². The summed E-state index contributed by atoms with van der Waals surface area (Å²) in [5, 5.41) is 0. The molecular weight excluding hydrogens is 162 g/mol. The smallest absolute Gasteiger partial charge is 0.0834 e. The van der Waals surface area contributed by atoms with Gasteiger partial charge < -0.3 is 10.5 Å². The van der Waals surface area contributed by atoms with Crippen molar-refractivity contribution < 1.29 is 4.74 Å². The Kier molecular flexibility index (Phi) is 2.61. The third kappa shape index (κ3) is 1.50. The lowest BCUT2D eigenvalue weighted by atomic mass is 9.84. The summed E-state index contributed by atoms with van der Waals surface area (Å²) in [5.41, 5.74) is 5.95. The fourth-order valence-corrected chi connectivity index (χ4v) is 3.18. The average molecular weight is 183 g/mol. The van der Waals surface area contributed by atoms with Gasteiger partial charge in [-0.05, 0) is 43.9 Å². The molecule has 2 aliphatic carbocycles. The molecule has 13 heavy (non-hydrogen) atoms. The molecule has 3 unspecified atom stereocenters. The van der Waals surface area contributed by atoms with Gasteiger partial charge in [-0.1, -0.05) is 6.92 Å². The Hall–Kier alpha value is -0.0800. The van der Waals surface area contributed by atoms with Crippen LogP contribution in [0.25, 0.3) is 0 Å². The van der Waals surface area contributed by atoms with Gasteiger partial charge in [0, 0.05) is 13.2 Å². The largest absolute Gasteiger partial charge is 0.373 e. The molecule has 0 aromatic carbocycles. The van der Waals surface area contributed by atoms with E-state index in [0.717, 1.165) is 31.4 Å². The summed E-state index contributed by atoms with van der Waals surface area (Å²) in [4.78, 5) is 0. The van der Waals surface area contributed by atoms with Gasteiger partial charge in [0.05, 0.1) is 5.60 Å². The first-order chi connectivity index (χ1) is 6.30. The highest BCUT2D eigenvalue weighted by Crippen LogP contribution is 2.52. The summed E-state index contributed by atoms with van der Waals surface area (Å²) in [5.74, 6) is 1.69. The maximum Gasteiger partial charge on any atom is 0.0834 e. The van der Waals surface area contributed by atoms with Gasteiger partial charge in [-0.2, -0.15) is 0 Å². The monoisotopic (exact) mass is 183 g/mol. The van der Waals surface area contributed by atoms with Crippen molar-refractivity contribution in [1.82, 2.24) is 0 Å². The van der Waals surface area contributed by atoms with Crippen LogP contribution in [-0.2, 0) is 4.74 Å². The van der Waals surface area contributed by atoms with Crippen LogP contribution in [0.1, 0.15) is 39.0 Å². The van der Waals surface area contributed by atoms with Crippen LogP contribution >= 0.6 is 0 Å². The molecule has 0 aromatic heterocycles. The van der Waals surface area contributed by atoms with Gasteiger partial charge in [-0.15, -0.1) is 0 Å². The van der Waals surface area contributed by atoms with Gasteiger partial charge in [-0.25, -0.2) is 0 Å². The summed E-state index contributed by atoms with van der Waals surface area (Å²) in [7, 11) is 0. The Balaban J connectivity index is 1.99. The number of ether oxygens (including phenoxy) is 1. The SMILES string of the molecule is CCCOC1(CN)CC2CCC1C2. The molecule has 0 aromatic rings. The highest BCUT2D eigenvalue weighted by atomic mass is 16.5. The predicted octanol–water partition coefficient (Wildman–Crippen LogP) is 1.93. The van der Waals surface area contributed by atoms with E-state index in [2.05, 4.69) is 6.92 Å². The van der Waals surface area contributed by atoms with E-state index in [1.165, 1.54) is 25.7 Å². The minimum Gasteiger partial charge on any atom is -0.373 e. The first-order valence-electron chi connectivity index (χ1n) is 5.65. The summed E-state index contributed by atoms with van der Waals surface area (Å²) in [6, 6.07) is 0. The quantitative estimate of drug-likeness (QED) is 0.723. The molecular formula is C11H21NO. The van der Waals surface area contributed by atoms with Crippen LogP contribution < -0.4 is 5.73 Å². The first-order valence-corrected chi connectivity index (χ1v) is 5.65. The molecule has 2 nitrogen and oxygen atoms in total. The van der Waals surface area contributed by atoms with Gasteiger partial charge in [0.25, 0.3) is 0 Å². The number of hydrogen-bond acceptors (Lipinski definition) is 2. The topological polar surface area (TPSA) is 35.2 Å². The van der Waals surface area contributed by atoms with E-state index in [1.54, 1.807) is 0 Å². The molecule has 0 spiro atoms. The third-order valence-electron chi connectivity index (χ3n) is 3.86. The Bertz CT molecular complexity index is 183. The van der Waals surface area contributed by atoms with Crippen LogP contribution in [0.5, 0.6) is 0 Å². The van der Waals surface area contributed by atoms with E-state index in [-0.39, 0.29) is 5.60 Å². The van der Waals surface area contributed by atoms with Crippen LogP contribution in [0.4, 0.5) is 0 Å². The number of nitrogens with two attached hydrogens (primary N) is 1. The Labute approximate surface area is 80.8 Å². The fourth-order valence-electron chi connectivity index (χ4n) is 3.18.